The topological polar surface area (TPSA) is 67.6 Å². The summed E-state index contributed by atoms with van der Waals surface area (Å²) in [6.45, 7) is 6.97. The van der Waals surface area contributed by atoms with Crippen LogP contribution in [0, 0.1) is 23.2 Å². The van der Waals surface area contributed by atoms with Crippen LogP contribution in [0.3, 0.4) is 0 Å². The SMILES string of the molecule is CCN(CC(C)C#N)C(=O)CN1CCC(C(O)c2ccccc2)CC1. The van der Waals surface area contributed by atoms with E-state index in [1.54, 1.807) is 4.90 Å². The minimum atomic E-state index is -0.428. The summed E-state index contributed by atoms with van der Waals surface area (Å²) in [6, 6.07) is 12.0. The Morgan fingerprint density at radius 1 is 1.36 bits per heavy atom. The summed E-state index contributed by atoms with van der Waals surface area (Å²) in [5, 5.41) is 19.5. The van der Waals surface area contributed by atoms with Crippen molar-refractivity contribution in [2.75, 3.05) is 32.7 Å². The highest BCUT2D eigenvalue weighted by Crippen LogP contribution is 2.30. The molecule has 0 saturated carbocycles. The van der Waals surface area contributed by atoms with E-state index >= 15 is 0 Å². The van der Waals surface area contributed by atoms with E-state index in [9.17, 15) is 9.90 Å². The van der Waals surface area contributed by atoms with Crippen LogP contribution in [-0.2, 0) is 4.79 Å². The molecule has 0 bridgehead atoms. The van der Waals surface area contributed by atoms with Crippen LogP contribution in [0.15, 0.2) is 30.3 Å². The van der Waals surface area contributed by atoms with Crippen molar-refractivity contribution >= 4 is 5.91 Å². The summed E-state index contributed by atoms with van der Waals surface area (Å²) in [6.07, 6.45) is 1.36. The lowest BCUT2D eigenvalue weighted by Crippen LogP contribution is -2.45. The maximum atomic E-state index is 12.5. The Balaban J connectivity index is 1.81. The summed E-state index contributed by atoms with van der Waals surface area (Å²) in [4.78, 5) is 16.4. The Kier molecular flexibility index (Phi) is 7.42. The normalized spacial score (nSPS) is 18.3. The Labute approximate surface area is 150 Å². The number of carbonyl (C=O) groups excluding carboxylic acids is 1. The molecule has 1 aliphatic heterocycles. The molecule has 1 N–H and O–H groups in total. The van der Waals surface area contributed by atoms with Gasteiger partial charge in [-0.15, -0.1) is 0 Å². The molecule has 1 aliphatic rings. The summed E-state index contributed by atoms with van der Waals surface area (Å²) >= 11 is 0. The molecule has 2 atom stereocenters. The molecule has 1 heterocycles. The number of aliphatic hydroxyl groups excluding tert-OH is 1. The number of hydrogen-bond donors (Lipinski definition) is 1. The molecule has 5 heteroatoms. The molecular formula is C20H29N3O2. The molecule has 1 saturated heterocycles. The molecule has 0 aliphatic carbocycles. The van der Waals surface area contributed by atoms with Crippen molar-refractivity contribution in [1.29, 1.82) is 5.26 Å². The molecule has 1 aromatic carbocycles. The molecule has 0 radical (unpaired) electrons. The molecule has 1 aromatic rings. The van der Waals surface area contributed by atoms with E-state index in [1.807, 2.05) is 44.2 Å². The predicted octanol–water partition coefficient (Wildman–Crippen LogP) is 2.44. The van der Waals surface area contributed by atoms with Gasteiger partial charge in [-0.3, -0.25) is 9.69 Å². The Morgan fingerprint density at radius 3 is 2.56 bits per heavy atom. The number of aliphatic hydroxyl groups is 1. The highest BCUT2D eigenvalue weighted by Gasteiger charge is 2.27. The molecule has 25 heavy (non-hydrogen) atoms. The Hall–Kier alpha value is -1.90. The quantitative estimate of drug-likeness (QED) is 0.826. The van der Waals surface area contributed by atoms with Gasteiger partial charge in [0.2, 0.25) is 5.91 Å². The van der Waals surface area contributed by atoms with Gasteiger partial charge in [0.05, 0.1) is 24.6 Å². The zero-order chi connectivity index (χ0) is 18.2. The zero-order valence-corrected chi connectivity index (χ0v) is 15.3. The molecule has 1 fully saturated rings. The first-order valence-electron chi connectivity index (χ1n) is 9.17. The Morgan fingerprint density at radius 2 is 2.00 bits per heavy atom. The molecule has 1 amide bonds. The van der Waals surface area contributed by atoms with Crippen molar-refractivity contribution in [3.63, 3.8) is 0 Å². The first-order chi connectivity index (χ1) is 12.0. The third-order valence-electron chi connectivity index (χ3n) is 5.03. The average Bonchev–Trinajstić information content (AvgIpc) is 2.66. The fraction of sp³-hybridized carbons (Fsp3) is 0.600. The smallest absolute Gasteiger partial charge is 0.236 e. The van der Waals surface area contributed by atoms with Gasteiger partial charge in [0.1, 0.15) is 0 Å². The maximum Gasteiger partial charge on any atom is 0.236 e. The van der Waals surface area contributed by atoms with Crippen molar-refractivity contribution < 1.29 is 9.90 Å². The van der Waals surface area contributed by atoms with E-state index in [1.165, 1.54) is 0 Å². The molecule has 0 spiro atoms. The molecule has 5 nitrogen and oxygen atoms in total. The van der Waals surface area contributed by atoms with Crippen LogP contribution in [0.2, 0.25) is 0 Å². The van der Waals surface area contributed by atoms with Crippen LogP contribution in [0.4, 0.5) is 0 Å². The molecular weight excluding hydrogens is 314 g/mol. The lowest BCUT2D eigenvalue weighted by atomic mass is 9.87. The largest absolute Gasteiger partial charge is 0.388 e. The van der Waals surface area contributed by atoms with E-state index in [0.717, 1.165) is 31.5 Å². The number of benzene rings is 1. The van der Waals surface area contributed by atoms with Gasteiger partial charge in [0, 0.05) is 13.1 Å². The maximum absolute atomic E-state index is 12.5. The fourth-order valence-corrected chi connectivity index (χ4v) is 3.42. The van der Waals surface area contributed by atoms with Gasteiger partial charge in [0.15, 0.2) is 0 Å². The second-order valence-corrected chi connectivity index (χ2v) is 6.93. The van der Waals surface area contributed by atoms with E-state index in [4.69, 9.17) is 5.26 Å². The van der Waals surface area contributed by atoms with Crippen molar-refractivity contribution in [1.82, 2.24) is 9.80 Å². The monoisotopic (exact) mass is 343 g/mol. The number of nitrogens with zero attached hydrogens (tertiary/aromatic N) is 3. The summed E-state index contributed by atoms with van der Waals surface area (Å²) in [5.74, 6) is 0.192. The van der Waals surface area contributed by atoms with Gasteiger partial charge < -0.3 is 10.0 Å². The number of rotatable bonds is 7. The standard InChI is InChI=1S/C20H29N3O2/c1-3-23(14-16(2)13-21)19(24)15-22-11-9-18(10-12-22)20(25)17-7-5-4-6-8-17/h4-8,16,18,20,25H,3,9-12,14-15H2,1-2H3. The van der Waals surface area contributed by atoms with E-state index in [2.05, 4.69) is 11.0 Å². The number of piperidine rings is 1. The van der Waals surface area contributed by atoms with Crippen LogP contribution >= 0.6 is 0 Å². The summed E-state index contributed by atoms with van der Waals surface area (Å²) < 4.78 is 0. The van der Waals surface area contributed by atoms with Gasteiger partial charge in [-0.05, 0) is 51.3 Å². The number of likely N-dealkylation sites (tertiary alicyclic amines) is 1. The third kappa shape index (κ3) is 5.55. The van der Waals surface area contributed by atoms with E-state index in [0.29, 0.717) is 19.6 Å². The minimum absolute atomic E-state index is 0.0895. The van der Waals surface area contributed by atoms with E-state index in [-0.39, 0.29) is 17.7 Å². The number of amides is 1. The van der Waals surface area contributed by atoms with Crippen LogP contribution < -0.4 is 0 Å². The first-order valence-corrected chi connectivity index (χ1v) is 9.17. The number of nitriles is 1. The summed E-state index contributed by atoms with van der Waals surface area (Å²) in [5.41, 5.74) is 0.972. The molecule has 0 aromatic heterocycles. The van der Waals surface area contributed by atoms with Crippen molar-refractivity contribution in [3.8, 4) is 6.07 Å². The number of carbonyl (C=O) groups is 1. The van der Waals surface area contributed by atoms with Gasteiger partial charge in [-0.25, -0.2) is 0 Å². The van der Waals surface area contributed by atoms with Crippen LogP contribution in [0.1, 0.15) is 38.4 Å². The lowest BCUT2D eigenvalue weighted by molar-refractivity contribution is -0.133. The van der Waals surface area contributed by atoms with Crippen molar-refractivity contribution in [2.45, 2.75) is 32.8 Å². The lowest BCUT2D eigenvalue weighted by Gasteiger charge is -2.35. The zero-order valence-electron chi connectivity index (χ0n) is 15.3. The van der Waals surface area contributed by atoms with E-state index < -0.39 is 6.10 Å². The van der Waals surface area contributed by atoms with Gasteiger partial charge in [-0.1, -0.05) is 30.3 Å². The second-order valence-electron chi connectivity index (χ2n) is 6.93. The first kappa shape index (κ1) is 19.4. The van der Waals surface area contributed by atoms with Crippen molar-refractivity contribution in [2.24, 2.45) is 11.8 Å². The van der Waals surface area contributed by atoms with Crippen molar-refractivity contribution in [3.05, 3.63) is 35.9 Å². The van der Waals surface area contributed by atoms with Crippen LogP contribution in [0.5, 0.6) is 0 Å². The van der Waals surface area contributed by atoms with Gasteiger partial charge in [-0.2, -0.15) is 5.26 Å². The van der Waals surface area contributed by atoms with Gasteiger partial charge >= 0.3 is 0 Å². The Bertz CT molecular complexity index is 576. The van der Waals surface area contributed by atoms with Crippen LogP contribution in [-0.4, -0.2) is 53.5 Å². The minimum Gasteiger partial charge on any atom is -0.388 e. The molecule has 2 unspecified atom stereocenters. The fourth-order valence-electron chi connectivity index (χ4n) is 3.42. The molecule has 136 valence electrons. The highest BCUT2D eigenvalue weighted by atomic mass is 16.3. The highest BCUT2D eigenvalue weighted by molar-refractivity contribution is 5.78. The molecule has 2 rings (SSSR count). The predicted molar refractivity (Wildman–Crippen MR) is 97.6 cm³/mol. The van der Waals surface area contributed by atoms with Gasteiger partial charge in [0.25, 0.3) is 0 Å². The third-order valence-corrected chi connectivity index (χ3v) is 5.03. The second kappa shape index (κ2) is 9.55. The number of hydrogen-bond acceptors (Lipinski definition) is 4. The summed E-state index contributed by atoms with van der Waals surface area (Å²) in [7, 11) is 0. The van der Waals surface area contributed by atoms with Crippen LogP contribution in [0.25, 0.3) is 0 Å². The average molecular weight is 343 g/mol. The number of likely N-dealkylation sites (N-methyl/N-ethyl adjacent to an activating group) is 1.